The lowest BCUT2D eigenvalue weighted by molar-refractivity contribution is 0.836. The molecule has 0 saturated heterocycles. The molecule has 0 aliphatic heterocycles. The molecule has 108 valence electrons. The molecule has 0 atom stereocenters. The molecule has 3 rings (SSSR count). The summed E-state index contributed by atoms with van der Waals surface area (Å²) < 4.78 is 3.83. The second-order valence-corrected chi connectivity index (χ2v) is 5.05. The van der Waals surface area contributed by atoms with E-state index < -0.39 is 0 Å². The summed E-state index contributed by atoms with van der Waals surface area (Å²) in [6, 6.07) is 6.12. The molecule has 6 nitrogen and oxygen atoms in total. The minimum Gasteiger partial charge on any atom is -0.380 e. The Labute approximate surface area is 123 Å². The van der Waals surface area contributed by atoms with Crippen molar-refractivity contribution in [3.8, 4) is 5.82 Å². The van der Waals surface area contributed by atoms with Crippen LogP contribution < -0.4 is 5.32 Å². The zero-order valence-corrected chi connectivity index (χ0v) is 12.4. The van der Waals surface area contributed by atoms with Gasteiger partial charge in [-0.2, -0.15) is 5.10 Å². The molecule has 0 aliphatic carbocycles. The number of rotatable bonds is 4. The standard InChI is InChI=1S/C15H18N6/c1-11-6-13(12(2)20(11)3)7-17-14-4-5-15(18-8-14)21-10-16-9-19-21/h4-6,8-10,17H,7H2,1-3H3. The first kappa shape index (κ1) is 13.4. The number of aryl methyl sites for hydroxylation is 1. The van der Waals surface area contributed by atoms with E-state index >= 15 is 0 Å². The lowest BCUT2D eigenvalue weighted by atomic mass is 10.2. The predicted molar refractivity (Wildman–Crippen MR) is 81.4 cm³/mol. The lowest BCUT2D eigenvalue weighted by Crippen LogP contribution is -2.03. The molecule has 0 aliphatic rings. The van der Waals surface area contributed by atoms with Crippen molar-refractivity contribution in [1.82, 2.24) is 24.3 Å². The molecule has 6 heteroatoms. The summed E-state index contributed by atoms with van der Waals surface area (Å²) in [4.78, 5) is 8.28. The molecule has 0 amide bonds. The number of anilines is 1. The van der Waals surface area contributed by atoms with Crippen molar-refractivity contribution in [2.45, 2.75) is 20.4 Å². The summed E-state index contributed by atoms with van der Waals surface area (Å²) in [6.45, 7) is 5.04. The number of pyridine rings is 1. The number of aromatic nitrogens is 5. The molecule has 0 saturated carbocycles. The number of nitrogens with zero attached hydrogens (tertiary/aromatic N) is 5. The van der Waals surface area contributed by atoms with Crippen molar-refractivity contribution < 1.29 is 0 Å². The van der Waals surface area contributed by atoms with Crippen LogP contribution in [0.25, 0.3) is 5.82 Å². The van der Waals surface area contributed by atoms with E-state index in [2.05, 4.69) is 51.9 Å². The van der Waals surface area contributed by atoms with Crippen LogP contribution >= 0.6 is 0 Å². The van der Waals surface area contributed by atoms with Crippen LogP contribution in [0.2, 0.25) is 0 Å². The molecule has 0 spiro atoms. The van der Waals surface area contributed by atoms with Crippen LogP contribution in [0.5, 0.6) is 0 Å². The molecular weight excluding hydrogens is 264 g/mol. The van der Waals surface area contributed by atoms with Crippen LogP contribution in [0, 0.1) is 13.8 Å². The van der Waals surface area contributed by atoms with Gasteiger partial charge in [-0.15, -0.1) is 0 Å². The van der Waals surface area contributed by atoms with Crippen LogP contribution in [0.15, 0.2) is 37.1 Å². The molecule has 0 unspecified atom stereocenters. The summed E-state index contributed by atoms with van der Waals surface area (Å²) in [5.41, 5.74) is 4.84. The second kappa shape index (κ2) is 5.40. The van der Waals surface area contributed by atoms with Crippen LogP contribution in [0.4, 0.5) is 5.69 Å². The van der Waals surface area contributed by atoms with Gasteiger partial charge in [0.1, 0.15) is 12.7 Å². The Bertz CT molecular complexity index is 724. The monoisotopic (exact) mass is 282 g/mol. The Kier molecular flexibility index (Phi) is 3.43. The third kappa shape index (κ3) is 2.65. The lowest BCUT2D eigenvalue weighted by Gasteiger charge is -2.07. The highest BCUT2D eigenvalue weighted by Crippen LogP contribution is 2.16. The van der Waals surface area contributed by atoms with Crippen molar-refractivity contribution in [3.63, 3.8) is 0 Å². The summed E-state index contributed by atoms with van der Waals surface area (Å²) in [6.07, 6.45) is 4.93. The quantitative estimate of drug-likeness (QED) is 0.797. The van der Waals surface area contributed by atoms with Gasteiger partial charge in [0.2, 0.25) is 0 Å². The molecule has 0 radical (unpaired) electrons. The average Bonchev–Trinajstić information content (AvgIpc) is 3.11. The van der Waals surface area contributed by atoms with Gasteiger partial charge in [-0.05, 0) is 37.6 Å². The topological polar surface area (TPSA) is 60.6 Å². The van der Waals surface area contributed by atoms with Gasteiger partial charge in [-0.3, -0.25) is 0 Å². The predicted octanol–water partition coefficient (Wildman–Crippen LogP) is 2.23. The van der Waals surface area contributed by atoms with Crippen molar-refractivity contribution in [3.05, 3.63) is 54.0 Å². The fourth-order valence-corrected chi connectivity index (χ4v) is 2.26. The van der Waals surface area contributed by atoms with E-state index in [9.17, 15) is 0 Å². The highest BCUT2D eigenvalue weighted by molar-refractivity contribution is 5.44. The number of nitrogens with one attached hydrogen (secondary N) is 1. The van der Waals surface area contributed by atoms with Gasteiger partial charge in [-0.25, -0.2) is 14.6 Å². The SMILES string of the molecule is Cc1cc(CNc2ccc(-n3cncn3)nc2)c(C)n1C. The van der Waals surface area contributed by atoms with E-state index in [1.54, 1.807) is 11.0 Å². The van der Waals surface area contributed by atoms with Gasteiger partial charge in [0, 0.05) is 25.0 Å². The maximum atomic E-state index is 4.37. The summed E-state index contributed by atoms with van der Waals surface area (Å²) >= 11 is 0. The second-order valence-electron chi connectivity index (χ2n) is 5.05. The summed E-state index contributed by atoms with van der Waals surface area (Å²) in [7, 11) is 2.09. The Morgan fingerprint density at radius 3 is 2.67 bits per heavy atom. The van der Waals surface area contributed by atoms with E-state index in [0.717, 1.165) is 18.1 Å². The normalized spacial score (nSPS) is 10.8. The molecule has 3 aromatic rings. The number of hydrogen-bond acceptors (Lipinski definition) is 4. The van der Waals surface area contributed by atoms with Crippen LogP contribution in [-0.4, -0.2) is 24.3 Å². The Morgan fingerprint density at radius 1 is 1.24 bits per heavy atom. The molecule has 1 N–H and O–H groups in total. The fourth-order valence-electron chi connectivity index (χ4n) is 2.26. The van der Waals surface area contributed by atoms with E-state index in [-0.39, 0.29) is 0 Å². The van der Waals surface area contributed by atoms with Crippen LogP contribution in [0.3, 0.4) is 0 Å². The van der Waals surface area contributed by atoms with Crippen LogP contribution in [-0.2, 0) is 13.6 Å². The Hall–Kier alpha value is -2.63. The summed E-state index contributed by atoms with van der Waals surface area (Å²) in [5.74, 6) is 0.754. The van der Waals surface area contributed by atoms with Gasteiger partial charge >= 0.3 is 0 Å². The highest BCUT2D eigenvalue weighted by atomic mass is 15.3. The van der Waals surface area contributed by atoms with E-state index in [1.165, 1.54) is 23.3 Å². The minimum absolute atomic E-state index is 0.754. The zero-order valence-electron chi connectivity index (χ0n) is 12.4. The molecular formula is C15H18N6. The molecule has 21 heavy (non-hydrogen) atoms. The third-order valence-electron chi connectivity index (χ3n) is 3.76. The molecule has 0 fully saturated rings. The maximum Gasteiger partial charge on any atom is 0.155 e. The first-order chi connectivity index (χ1) is 10.1. The average molecular weight is 282 g/mol. The van der Waals surface area contributed by atoms with E-state index in [1.807, 2.05) is 18.3 Å². The zero-order chi connectivity index (χ0) is 14.8. The van der Waals surface area contributed by atoms with Crippen molar-refractivity contribution >= 4 is 5.69 Å². The van der Waals surface area contributed by atoms with E-state index in [4.69, 9.17) is 0 Å². The Balaban J connectivity index is 1.69. The van der Waals surface area contributed by atoms with Gasteiger partial charge in [0.15, 0.2) is 5.82 Å². The third-order valence-corrected chi connectivity index (χ3v) is 3.76. The van der Waals surface area contributed by atoms with Crippen molar-refractivity contribution in [2.75, 3.05) is 5.32 Å². The molecule has 0 aromatic carbocycles. The van der Waals surface area contributed by atoms with Crippen molar-refractivity contribution in [1.29, 1.82) is 0 Å². The maximum absolute atomic E-state index is 4.37. The molecule has 3 aromatic heterocycles. The van der Waals surface area contributed by atoms with Crippen LogP contribution in [0.1, 0.15) is 17.0 Å². The number of hydrogen-bond donors (Lipinski definition) is 1. The smallest absolute Gasteiger partial charge is 0.155 e. The Morgan fingerprint density at radius 2 is 2.10 bits per heavy atom. The van der Waals surface area contributed by atoms with Gasteiger partial charge in [0.05, 0.1) is 11.9 Å². The van der Waals surface area contributed by atoms with Gasteiger partial charge < -0.3 is 9.88 Å². The highest BCUT2D eigenvalue weighted by Gasteiger charge is 2.06. The van der Waals surface area contributed by atoms with Crippen molar-refractivity contribution in [2.24, 2.45) is 7.05 Å². The minimum atomic E-state index is 0.754. The molecule has 3 heterocycles. The largest absolute Gasteiger partial charge is 0.380 e. The first-order valence-electron chi connectivity index (χ1n) is 6.82. The fraction of sp³-hybridized carbons (Fsp3) is 0.267. The van der Waals surface area contributed by atoms with Gasteiger partial charge in [0.25, 0.3) is 0 Å². The van der Waals surface area contributed by atoms with Gasteiger partial charge in [-0.1, -0.05) is 0 Å². The molecule has 0 bridgehead atoms. The van der Waals surface area contributed by atoms with E-state index in [0.29, 0.717) is 0 Å². The first-order valence-corrected chi connectivity index (χ1v) is 6.82. The summed E-state index contributed by atoms with van der Waals surface area (Å²) in [5, 5.41) is 7.45.